The maximum Gasteiger partial charge on any atom is 0.266 e. The molecule has 0 bridgehead atoms. The van der Waals surface area contributed by atoms with Gasteiger partial charge in [0.2, 0.25) is 5.95 Å². The molecule has 164 valence electrons. The van der Waals surface area contributed by atoms with E-state index in [0.717, 1.165) is 17.0 Å². The van der Waals surface area contributed by atoms with Gasteiger partial charge in [-0.15, -0.1) is 0 Å². The molecule has 0 N–H and O–H groups in total. The van der Waals surface area contributed by atoms with Gasteiger partial charge in [0.05, 0.1) is 37.3 Å². The number of aryl methyl sites for hydroxylation is 3. The number of nitrogens with zero attached hydrogens (tertiary/aromatic N) is 8. The highest BCUT2D eigenvalue weighted by molar-refractivity contribution is 5.84. The number of ether oxygens (including phenoxy) is 1. The summed E-state index contributed by atoms with van der Waals surface area (Å²) in [7, 11) is 1.86. The minimum Gasteiger partial charge on any atom is -0.370 e. The fraction of sp³-hybridized carbons (Fsp3) is 0.550. The van der Waals surface area contributed by atoms with Gasteiger partial charge in [-0.2, -0.15) is 15.1 Å². The van der Waals surface area contributed by atoms with Crippen molar-refractivity contribution in [1.82, 2.24) is 29.7 Å². The SMILES string of the molecule is Cc1nc2nc(N3CCO[C@H](c4cnn(C)c4)C3)nc(N3CCC(F)(F)C3)c2nc1C. The topological polar surface area (TPSA) is 85.1 Å². The average Bonchev–Trinajstić information content (AvgIpc) is 3.33. The first-order chi connectivity index (χ1) is 14.8. The number of alkyl halides is 2. The molecule has 5 rings (SSSR count). The van der Waals surface area contributed by atoms with E-state index in [9.17, 15) is 8.78 Å². The number of aromatic nitrogens is 6. The summed E-state index contributed by atoms with van der Waals surface area (Å²) in [6, 6.07) is 0. The molecule has 0 radical (unpaired) electrons. The highest BCUT2D eigenvalue weighted by atomic mass is 19.3. The molecule has 0 spiro atoms. The van der Waals surface area contributed by atoms with E-state index in [1.807, 2.05) is 32.0 Å². The Balaban J connectivity index is 1.55. The van der Waals surface area contributed by atoms with Crippen molar-refractivity contribution in [2.75, 3.05) is 42.6 Å². The number of hydrogen-bond donors (Lipinski definition) is 0. The van der Waals surface area contributed by atoms with Crippen LogP contribution in [0.4, 0.5) is 20.5 Å². The van der Waals surface area contributed by atoms with Crippen LogP contribution in [0.3, 0.4) is 0 Å². The van der Waals surface area contributed by atoms with Crippen molar-refractivity contribution >= 4 is 22.9 Å². The van der Waals surface area contributed by atoms with Crippen molar-refractivity contribution in [3.8, 4) is 0 Å². The summed E-state index contributed by atoms with van der Waals surface area (Å²) in [6.45, 7) is 5.17. The second-order valence-corrected chi connectivity index (χ2v) is 8.19. The maximum absolute atomic E-state index is 14.0. The zero-order valence-electron chi connectivity index (χ0n) is 17.7. The maximum atomic E-state index is 14.0. The first-order valence-electron chi connectivity index (χ1n) is 10.3. The molecule has 2 aliphatic rings. The van der Waals surface area contributed by atoms with E-state index >= 15 is 0 Å². The first kappa shape index (κ1) is 20.0. The second kappa shape index (κ2) is 7.33. The Morgan fingerprint density at radius 1 is 1.06 bits per heavy atom. The molecular weight excluding hydrogens is 406 g/mol. The lowest BCUT2D eigenvalue weighted by Gasteiger charge is -2.33. The molecule has 0 unspecified atom stereocenters. The van der Waals surface area contributed by atoms with Crippen LogP contribution in [0, 0.1) is 13.8 Å². The number of hydrogen-bond acceptors (Lipinski definition) is 8. The van der Waals surface area contributed by atoms with Crippen molar-refractivity contribution in [3.63, 3.8) is 0 Å². The van der Waals surface area contributed by atoms with Crippen LogP contribution in [-0.4, -0.2) is 68.4 Å². The lowest BCUT2D eigenvalue weighted by atomic mass is 10.1. The van der Waals surface area contributed by atoms with Crippen molar-refractivity contribution in [1.29, 1.82) is 0 Å². The van der Waals surface area contributed by atoms with Crippen molar-refractivity contribution < 1.29 is 13.5 Å². The van der Waals surface area contributed by atoms with E-state index in [1.54, 1.807) is 15.8 Å². The van der Waals surface area contributed by atoms with E-state index in [4.69, 9.17) is 9.72 Å². The van der Waals surface area contributed by atoms with Crippen LogP contribution < -0.4 is 9.80 Å². The molecule has 0 saturated carbocycles. The first-order valence-corrected chi connectivity index (χ1v) is 10.3. The predicted molar refractivity (Wildman–Crippen MR) is 110 cm³/mol. The fourth-order valence-electron chi connectivity index (χ4n) is 4.00. The van der Waals surface area contributed by atoms with Gasteiger partial charge in [0.25, 0.3) is 5.92 Å². The minimum absolute atomic E-state index is 0.174. The summed E-state index contributed by atoms with van der Waals surface area (Å²) in [4.78, 5) is 22.1. The highest BCUT2D eigenvalue weighted by Crippen LogP contribution is 2.34. The third kappa shape index (κ3) is 3.78. The van der Waals surface area contributed by atoms with Gasteiger partial charge in [-0.05, 0) is 13.8 Å². The molecule has 11 heteroatoms. The molecule has 2 fully saturated rings. The number of rotatable bonds is 3. The Morgan fingerprint density at radius 2 is 1.87 bits per heavy atom. The van der Waals surface area contributed by atoms with E-state index in [-0.39, 0.29) is 25.6 Å². The largest absolute Gasteiger partial charge is 0.370 e. The minimum atomic E-state index is -2.74. The molecule has 3 aromatic rings. The van der Waals surface area contributed by atoms with Crippen LogP contribution in [0.5, 0.6) is 0 Å². The van der Waals surface area contributed by atoms with Crippen LogP contribution in [-0.2, 0) is 11.8 Å². The molecule has 3 aromatic heterocycles. The predicted octanol–water partition coefficient (Wildman–Crippen LogP) is 2.19. The molecule has 31 heavy (non-hydrogen) atoms. The Bertz CT molecular complexity index is 1130. The summed E-state index contributed by atoms with van der Waals surface area (Å²) in [6.07, 6.45) is 3.33. The van der Waals surface area contributed by atoms with Crippen LogP contribution in [0.15, 0.2) is 12.4 Å². The van der Waals surface area contributed by atoms with Gasteiger partial charge in [-0.3, -0.25) is 4.68 Å². The van der Waals surface area contributed by atoms with E-state index in [0.29, 0.717) is 42.6 Å². The van der Waals surface area contributed by atoms with Gasteiger partial charge in [0.1, 0.15) is 6.10 Å². The summed E-state index contributed by atoms with van der Waals surface area (Å²) < 4.78 is 35.6. The number of fused-ring (bicyclic) bond motifs is 1. The molecule has 5 heterocycles. The van der Waals surface area contributed by atoms with E-state index < -0.39 is 5.92 Å². The third-order valence-electron chi connectivity index (χ3n) is 5.83. The fourth-order valence-corrected chi connectivity index (χ4v) is 4.00. The molecule has 0 aromatic carbocycles. The standard InChI is InChI=1S/C20H24F2N8O/c1-12-13(2)25-17-16(24-12)18(30-5-4-20(21,22)11-30)27-19(26-17)29-6-7-31-15(10-29)14-8-23-28(3)9-14/h8-9,15H,4-7,10-11H2,1-3H3/t15-/m0/s1. The van der Waals surface area contributed by atoms with Gasteiger partial charge >= 0.3 is 0 Å². The van der Waals surface area contributed by atoms with Crippen LogP contribution in [0.2, 0.25) is 0 Å². The highest BCUT2D eigenvalue weighted by Gasteiger charge is 2.40. The van der Waals surface area contributed by atoms with Gasteiger partial charge in [-0.1, -0.05) is 0 Å². The lowest BCUT2D eigenvalue weighted by molar-refractivity contribution is 0.0257. The van der Waals surface area contributed by atoms with Crippen LogP contribution >= 0.6 is 0 Å². The molecule has 0 amide bonds. The van der Waals surface area contributed by atoms with Gasteiger partial charge < -0.3 is 14.5 Å². The Labute approximate surface area is 178 Å². The molecule has 9 nitrogen and oxygen atoms in total. The summed E-state index contributed by atoms with van der Waals surface area (Å²) in [5.74, 6) is -1.88. The Morgan fingerprint density at radius 3 is 2.58 bits per heavy atom. The molecular formula is C20H24F2N8O. The third-order valence-corrected chi connectivity index (χ3v) is 5.83. The monoisotopic (exact) mass is 430 g/mol. The van der Waals surface area contributed by atoms with E-state index in [2.05, 4.69) is 20.1 Å². The van der Waals surface area contributed by atoms with Crippen LogP contribution in [0.25, 0.3) is 11.2 Å². The molecule has 2 saturated heterocycles. The van der Waals surface area contributed by atoms with Crippen LogP contribution in [0.1, 0.15) is 29.5 Å². The summed E-state index contributed by atoms with van der Waals surface area (Å²) in [5, 5.41) is 4.22. The van der Waals surface area contributed by atoms with Crippen molar-refractivity contribution in [2.45, 2.75) is 32.3 Å². The summed E-state index contributed by atoms with van der Waals surface area (Å²) >= 11 is 0. The van der Waals surface area contributed by atoms with E-state index in [1.165, 1.54) is 0 Å². The Kier molecular flexibility index (Phi) is 4.72. The van der Waals surface area contributed by atoms with Crippen molar-refractivity contribution in [3.05, 3.63) is 29.3 Å². The second-order valence-electron chi connectivity index (χ2n) is 8.19. The normalized spacial score (nSPS) is 21.3. The smallest absolute Gasteiger partial charge is 0.266 e. The van der Waals surface area contributed by atoms with Gasteiger partial charge in [0, 0.05) is 38.3 Å². The zero-order valence-corrected chi connectivity index (χ0v) is 17.7. The summed E-state index contributed by atoms with van der Waals surface area (Å²) in [5.41, 5.74) is 3.34. The number of anilines is 2. The van der Waals surface area contributed by atoms with Gasteiger partial charge in [0.15, 0.2) is 17.0 Å². The van der Waals surface area contributed by atoms with Crippen molar-refractivity contribution in [2.24, 2.45) is 7.05 Å². The van der Waals surface area contributed by atoms with Gasteiger partial charge in [-0.25, -0.2) is 18.7 Å². The number of morpholine rings is 1. The molecule has 1 atom stereocenters. The zero-order chi connectivity index (χ0) is 21.8. The average molecular weight is 430 g/mol. The molecule has 0 aliphatic carbocycles. The Hall–Kier alpha value is -2.95. The lowest BCUT2D eigenvalue weighted by Crippen LogP contribution is -2.39. The number of halogens is 2. The quantitative estimate of drug-likeness (QED) is 0.625. The molecule has 2 aliphatic heterocycles.